The Morgan fingerprint density at radius 1 is 1.35 bits per heavy atom. The van der Waals surface area contributed by atoms with Gasteiger partial charge in [-0.15, -0.1) is 0 Å². The molecular weight excluding hydrogens is 218 g/mol. The molecule has 90 valence electrons. The first kappa shape index (κ1) is 10.4. The van der Waals surface area contributed by atoms with Gasteiger partial charge in [-0.25, -0.2) is 4.98 Å². The van der Waals surface area contributed by atoms with Crippen molar-refractivity contribution >= 4 is 5.88 Å². The Morgan fingerprint density at radius 2 is 2.12 bits per heavy atom. The minimum absolute atomic E-state index is 0.192. The van der Waals surface area contributed by atoms with E-state index in [1.165, 1.54) is 0 Å². The van der Waals surface area contributed by atoms with Gasteiger partial charge >= 0.3 is 0 Å². The van der Waals surface area contributed by atoms with Gasteiger partial charge in [0.25, 0.3) is 0 Å². The lowest BCUT2D eigenvalue weighted by Crippen LogP contribution is -2.23. The van der Waals surface area contributed by atoms with E-state index in [0.29, 0.717) is 11.8 Å². The van der Waals surface area contributed by atoms with Crippen LogP contribution >= 0.6 is 0 Å². The average Bonchev–Trinajstić information content (AvgIpc) is 2.97. The molecule has 0 spiro atoms. The van der Waals surface area contributed by atoms with Crippen molar-refractivity contribution in [2.24, 2.45) is 0 Å². The van der Waals surface area contributed by atoms with Crippen LogP contribution in [0.3, 0.4) is 0 Å². The molecule has 0 aliphatic heterocycles. The number of oxazole rings is 1. The second-order valence-electron chi connectivity index (χ2n) is 4.65. The maximum atomic E-state index is 5.70. The third-order valence-electron chi connectivity index (χ3n) is 3.57. The SMILES string of the molecule is Cc1ncc(C2(c3cc(N)on3)CCCC2)o1. The standard InChI is InChI=1S/C12H15N3O2/c1-8-14-7-10(16-8)12(4-2-3-5-12)9-6-11(13)17-15-9/h6-7H,2-5,13H2,1H3. The molecule has 0 atom stereocenters. The highest BCUT2D eigenvalue weighted by Crippen LogP contribution is 2.46. The van der Waals surface area contributed by atoms with Gasteiger partial charge in [-0.1, -0.05) is 18.0 Å². The number of anilines is 1. The molecule has 2 aromatic rings. The molecule has 0 unspecified atom stereocenters. The van der Waals surface area contributed by atoms with E-state index < -0.39 is 0 Å². The third-order valence-corrected chi connectivity index (χ3v) is 3.57. The molecule has 0 amide bonds. The molecule has 2 N–H and O–H groups in total. The van der Waals surface area contributed by atoms with Crippen molar-refractivity contribution in [3.8, 4) is 0 Å². The van der Waals surface area contributed by atoms with E-state index in [9.17, 15) is 0 Å². The predicted octanol–water partition coefficient (Wildman–Crippen LogP) is 2.41. The lowest BCUT2D eigenvalue weighted by Gasteiger charge is -2.22. The van der Waals surface area contributed by atoms with E-state index in [-0.39, 0.29) is 5.41 Å². The summed E-state index contributed by atoms with van der Waals surface area (Å²) in [6.45, 7) is 1.85. The first-order chi connectivity index (χ1) is 8.21. The fourth-order valence-electron chi connectivity index (χ4n) is 2.70. The highest BCUT2D eigenvalue weighted by molar-refractivity contribution is 5.35. The summed E-state index contributed by atoms with van der Waals surface area (Å²) < 4.78 is 10.7. The quantitative estimate of drug-likeness (QED) is 0.861. The van der Waals surface area contributed by atoms with Gasteiger partial charge < -0.3 is 14.7 Å². The van der Waals surface area contributed by atoms with Crippen molar-refractivity contribution < 1.29 is 8.94 Å². The lowest BCUT2D eigenvalue weighted by atomic mass is 9.80. The fraction of sp³-hybridized carbons (Fsp3) is 0.500. The number of nitrogens with two attached hydrogens (primary N) is 1. The van der Waals surface area contributed by atoms with Crippen LogP contribution < -0.4 is 5.73 Å². The van der Waals surface area contributed by atoms with E-state index in [0.717, 1.165) is 37.1 Å². The molecule has 5 nitrogen and oxygen atoms in total. The van der Waals surface area contributed by atoms with Crippen LogP contribution in [0.5, 0.6) is 0 Å². The molecular formula is C12H15N3O2. The molecule has 1 aliphatic carbocycles. The Labute approximate surface area is 99.0 Å². The molecule has 0 bridgehead atoms. The van der Waals surface area contributed by atoms with Crippen LogP contribution in [0, 0.1) is 6.92 Å². The van der Waals surface area contributed by atoms with Crippen molar-refractivity contribution in [2.75, 3.05) is 5.73 Å². The summed E-state index contributed by atoms with van der Waals surface area (Å²) in [5.41, 5.74) is 6.29. The summed E-state index contributed by atoms with van der Waals surface area (Å²) >= 11 is 0. The molecule has 17 heavy (non-hydrogen) atoms. The molecule has 3 rings (SSSR count). The number of hydrogen-bond acceptors (Lipinski definition) is 5. The minimum atomic E-state index is -0.192. The van der Waals surface area contributed by atoms with Crippen LogP contribution in [0.2, 0.25) is 0 Å². The smallest absolute Gasteiger partial charge is 0.222 e. The minimum Gasteiger partial charge on any atom is -0.445 e. The maximum Gasteiger partial charge on any atom is 0.222 e. The zero-order valence-corrected chi connectivity index (χ0v) is 9.77. The van der Waals surface area contributed by atoms with E-state index in [1.807, 2.05) is 6.92 Å². The molecule has 5 heteroatoms. The number of rotatable bonds is 2. The number of nitrogen functional groups attached to an aromatic ring is 1. The second-order valence-corrected chi connectivity index (χ2v) is 4.65. The largest absolute Gasteiger partial charge is 0.445 e. The zero-order chi connectivity index (χ0) is 11.9. The lowest BCUT2D eigenvalue weighted by molar-refractivity contribution is 0.346. The van der Waals surface area contributed by atoms with E-state index in [2.05, 4.69) is 10.1 Å². The van der Waals surface area contributed by atoms with Crippen LogP contribution in [0.1, 0.15) is 43.0 Å². The van der Waals surface area contributed by atoms with Gasteiger partial charge in [-0.3, -0.25) is 0 Å². The molecule has 0 saturated heterocycles. The number of nitrogens with zero attached hydrogens (tertiary/aromatic N) is 2. The van der Waals surface area contributed by atoms with Gasteiger partial charge in [0.1, 0.15) is 5.76 Å². The summed E-state index contributed by atoms with van der Waals surface area (Å²) in [6, 6.07) is 1.79. The van der Waals surface area contributed by atoms with Crippen molar-refractivity contribution in [2.45, 2.75) is 38.0 Å². The van der Waals surface area contributed by atoms with Gasteiger partial charge in [-0.05, 0) is 12.8 Å². The van der Waals surface area contributed by atoms with Crippen LogP contribution in [0.15, 0.2) is 21.2 Å². The Hall–Kier alpha value is -1.78. The predicted molar refractivity (Wildman–Crippen MR) is 61.4 cm³/mol. The van der Waals surface area contributed by atoms with Crippen molar-refractivity contribution in [1.29, 1.82) is 0 Å². The number of aromatic nitrogens is 2. The number of aryl methyl sites for hydroxylation is 1. The van der Waals surface area contributed by atoms with Crippen LogP contribution in [-0.2, 0) is 5.41 Å². The molecule has 0 radical (unpaired) electrons. The molecule has 2 heterocycles. The van der Waals surface area contributed by atoms with Crippen molar-refractivity contribution in [3.05, 3.63) is 29.6 Å². The Kier molecular flexibility index (Phi) is 2.21. The van der Waals surface area contributed by atoms with Crippen LogP contribution in [-0.4, -0.2) is 10.1 Å². The zero-order valence-electron chi connectivity index (χ0n) is 9.77. The summed E-state index contributed by atoms with van der Waals surface area (Å²) in [6.07, 6.45) is 6.13. The molecule has 1 fully saturated rings. The normalized spacial score (nSPS) is 18.6. The van der Waals surface area contributed by atoms with Gasteiger partial charge in [-0.2, -0.15) is 0 Å². The Morgan fingerprint density at radius 3 is 2.65 bits per heavy atom. The first-order valence-electron chi connectivity index (χ1n) is 5.86. The highest BCUT2D eigenvalue weighted by atomic mass is 16.5. The molecule has 2 aromatic heterocycles. The van der Waals surface area contributed by atoms with Gasteiger partial charge in [0, 0.05) is 13.0 Å². The van der Waals surface area contributed by atoms with Crippen LogP contribution in [0.4, 0.5) is 5.88 Å². The fourth-order valence-corrected chi connectivity index (χ4v) is 2.70. The average molecular weight is 233 g/mol. The highest BCUT2D eigenvalue weighted by Gasteiger charge is 2.43. The van der Waals surface area contributed by atoms with Gasteiger partial charge in [0.2, 0.25) is 5.88 Å². The third kappa shape index (κ3) is 1.53. The van der Waals surface area contributed by atoms with Gasteiger partial charge in [0.15, 0.2) is 5.89 Å². The first-order valence-corrected chi connectivity index (χ1v) is 5.86. The second kappa shape index (κ2) is 3.61. The summed E-state index contributed by atoms with van der Waals surface area (Å²) in [4.78, 5) is 4.18. The molecule has 1 aliphatic rings. The monoisotopic (exact) mass is 233 g/mol. The molecule has 1 saturated carbocycles. The van der Waals surface area contributed by atoms with Crippen molar-refractivity contribution in [1.82, 2.24) is 10.1 Å². The number of hydrogen-bond donors (Lipinski definition) is 1. The van der Waals surface area contributed by atoms with E-state index in [4.69, 9.17) is 14.7 Å². The Bertz CT molecular complexity index is 481. The summed E-state index contributed by atoms with van der Waals surface area (Å²) in [5, 5.41) is 4.07. The molecule has 0 aromatic carbocycles. The maximum absolute atomic E-state index is 5.70. The van der Waals surface area contributed by atoms with Gasteiger partial charge in [0.05, 0.1) is 17.3 Å². The van der Waals surface area contributed by atoms with Crippen molar-refractivity contribution in [3.63, 3.8) is 0 Å². The Balaban J connectivity index is 2.10. The topological polar surface area (TPSA) is 78.1 Å². The summed E-state index contributed by atoms with van der Waals surface area (Å²) in [5.74, 6) is 1.91. The van der Waals surface area contributed by atoms with Crippen LogP contribution in [0.25, 0.3) is 0 Å². The van der Waals surface area contributed by atoms with E-state index in [1.54, 1.807) is 12.3 Å². The van der Waals surface area contributed by atoms with E-state index >= 15 is 0 Å². The summed E-state index contributed by atoms with van der Waals surface area (Å²) in [7, 11) is 0.